The molecule has 180 valence electrons. The zero-order valence-electron chi connectivity index (χ0n) is 19.6. The van der Waals surface area contributed by atoms with Gasteiger partial charge in [-0.25, -0.2) is 19.2 Å². The molecule has 0 radical (unpaired) electrons. The summed E-state index contributed by atoms with van der Waals surface area (Å²) in [6.07, 6.45) is 3.42. The molecule has 0 saturated carbocycles. The van der Waals surface area contributed by atoms with Gasteiger partial charge < -0.3 is 15.1 Å². The molecular weight excluding hydrogens is 465 g/mol. The minimum atomic E-state index is -0.435. The first-order valence-corrected chi connectivity index (χ1v) is 12.3. The molecule has 4 aromatic rings. The molecule has 10 heteroatoms. The third-order valence-electron chi connectivity index (χ3n) is 5.99. The van der Waals surface area contributed by atoms with Crippen LogP contribution in [-0.2, 0) is 0 Å². The van der Waals surface area contributed by atoms with Crippen molar-refractivity contribution in [3.63, 3.8) is 0 Å². The number of nitrogens with zero attached hydrogens (tertiary/aromatic N) is 5. The number of amides is 2. The van der Waals surface area contributed by atoms with Crippen LogP contribution in [0.2, 0.25) is 0 Å². The van der Waals surface area contributed by atoms with E-state index in [1.165, 1.54) is 11.3 Å². The van der Waals surface area contributed by atoms with Gasteiger partial charge in [-0.1, -0.05) is 17.4 Å². The fourth-order valence-electron chi connectivity index (χ4n) is 4.12. The zero-order valence-corrected chi connectivity index (χ0v) is 20.4. The van der Waals surface area contributed by atoms with Crippen molar-refractivity contribution < 1.29 is 9.18 Å². The summed E-state index contributed by atoms with van der Waals surface area (Å²) in [5.41, 5.74) is 2.82. The smallest absolute Gasteiger partial charge is 0.321 e. The van der Waals surface area contributed by atoms with E-state index in [4.69, 9.17) is 0 Å². The second-order valence-electron chi connectivity index (χ2n) is 8.37. The Bertz CT molecular complexity index is 1350. The van der Waals surface area contributed by atoms with Crippen molar-refractivity contribution in [2.75, 3.05) is 50.0 Å². The van der Waals surface area contributed by atoms with Crippen LogP contribution in [0.15, 0.2) is 48.8 Å². The average Bonchev–Trinajstić information content (AvgIpc) is 3.29. The number of pyridine rings is 2. The van der Waals surface area contributed by atoms with Crippen molar-refractivity contribution in [3.05, 3.63) is 54.6 Å². The molecule has 4 heterocycles. The maximum Gasteiger partial charge on any atom is 0.321 e. The van der Waals surface area contributed by atoms with Crippen LogP contribution in [0.4, 0.5) is 20.1 Å². The number of halogens is 1. The number of carbonyl (C=O) groups is 1. The summed E-state index contributed by atoms with van der Waals surface area (Å²) in [4.78, 5) is 30.0. The van der Waals surface area contributed by atoms with Crippen LogP contribution in [0.3, 0.4) is 0 Å². The molecule has 1 aliphatic heterocycles. The molecule has 8 nitrogen and oxygen atoms in total. The van der Waals surface area contributed by atoms with E-state index >= 15 is 4.39 Å². The Morgan fingerprint density at radius 2 is 1.91 bits per heavy atom. The number of nitrogens with one attached hydrogen (secondary N) is 2. The third-order valence-corrected chi connectivity index (χ3v) is 6.99. The van der Waals surface area contributed by atoms with Crippen molar-refractivity contribution in [2.24, 2.45) is 0 Å². The van der Waals surface area contributed by atoms with Crippen LogP contribution >= 0.6 is 11.3 Å². The molecule has 1 fully saturated rings. The minimum absolute atomic E-state index is 0.206. The predicted octanol–water partition coefficient (Wildman–Crippen LogP) is 4.45. The highest BCUT2D eigenvalue weighted by Gasteiger charge is 2.22. The number of rotatable bonds is 5. The Kier molecular flexibility index (Phi) is 6.56. The number of hydrogen-bond donors (Lipinski definition) is 2. The number of likely N-dealkylation sites (N-methyl/N-ethyl adjacent to an activating group) is 1. The van der Waals surface area contributed by atoms with E-state index in [1.807, 2.05) is 43.3 Å². The summed E-state index contributed by atoms with van der Waals surface area (Å²) < 4.78 is 16.6. The standard InChI is InChI=1S/C25H26FN7OS/c1-3-27-24(34)31-25-30-22-21(26)17(15-18(23(22)35-25)19-6-4-5-8-28-19)16-7-9-29-20(14-16)33-12-10-32(2)11-13-33/h4-9,14-15H,3,10-13H2,1-2H3,(H2,27,30,31,34). The summed E-state index contributed by atoms with van der Waals surface area (Å²) in [5.74, 6) is 0.391. The fraction of sp³-hybridized carbons (Fsp3) is 0.280. The van der Waals surface area contributed by atoms with Gasteiger partial charge in [-0.15, -0.1) is 0 Å². The second-order valence-corrected chi connectivity index (χ2v) is 9.37. The maximum atomic E-state index is 15.9. The summed E-state index contributed by atoms with van der Waals surface area (Å²) in [5, 5.41) is 5.70. The van der Waals surface area contributed by atoms with E-state index in [-0.39, 0.29) is 11.5 Å². The summed E-state index contributed by atoms with van der Waals surface area (Å²) in [7, 11) is 2.10. The highest BCUT2D eigenvalue weighted by molar-refractivity contribution is 7.22. The van der Waals surface area contributed by atoms with Gasteiger partial charge in [0, 0.05) is 56.2 Å². The Morgan fingerprint density at radius 3 is 2.66 bits per heavy atom. The molecule has 0 bridgehead atoms. The van der Waals surface area contributed by atoms with Crippen molar-refractivity contribution in [3.8, 4) is 22.4 Å². The van der Waals surface area contributed by atoms with Crippen LogP contribution < -0.4 is 15.5 Å². The molecule has 1 saturated heterocycles. The molecule has 1 aromatic carbocycles. The Morgan fingerprint density at radius 1 is 1.09 bits per heavy atom. The van der Waals surface area contributed by atoms with Gasteiger partial charge in [-0.2, -0.15) is 0 Å². The van der Waals surface area contributed by atoms with E-state index in [0.717, 1.165) is 43.1 Å². The number of piperazine rings is 1. The largest absolute Gasteiger partial charge is 0.354 e. The SMILES string of the molecule is CCNC(=O)Nc1nc2c(F)c(-c3ccnc(N4CCN(C)CC4)c3)cc(-c3ccccn3)c2s1. The van der Waals surface area contributed by atoms with Crippen LogP contribution in [0, 0.1) is 5.82 Å². The van der Waals surface area contributed by atoms with E-state index in [1.54, 1.807) is 12.4 Å². The number of hydrogen-bond acceptors (Lipinski definition) is 7. The Balaban J connectivity index is 1.61. The summed E-state index contributed by atoms with van der Waals surface area (Å²) >= 11 is 1.23. The van der Waals surface area contributed by atoms with Crippen LogP contribution in [0.25, 0.3) is 32.6 Å². The first-order valence-electron chi connectivity index (χ1n) is 11.5. The lowest BCUT2D eigenvalue weighted by Gasteiger charge is -2.33. The van der Waals surface area contributed by atoms with Gasteiger partial charge in [0.1, 0.15) is 11.3 Å². The number of urea groups is 1. The minimum Gasteiger partial charge on any atom is -0.354 e. The molecule has 0 atom stereocenters. The molecule has 3 aromatic heterocycles. The number of carbonyl (C=O) groups excluding carboxylic acids is 1. The maximum absolute atomic E-state index is 15.9. The molecular formula is C25H26FN7OS. The molecule has 0 unspecified atom stereocenters. The topological polar surface area (TPSA) is 86.3 Å². The number of fused-ring (bicyclic) bond motifs is 1. The van der Waals surface area contributed by atoms with E-state index in [2.05, 4.69) is 42.4 Å². The molecule has 1 aliphatic rings. The van der Waals surface area contributed by atoms with E-state index in [0.29, 0.717) is 27.6 Å². The average molecular weight is 492 g/mol. The molecule has 2 amide bonds. The first-order chi connectivity index (χ1) is 17.0. The normalized spacial score (nSPS) is 14.3. The highest BCUT2D eigenvalue weighted by atomic mass is 32.1. The van der Waals surface area contributed by atoms with Gasteiger partial charge in [0.2, 0.25) is 0 Å². The highest BCUT2D eigenvalue weighted by Crippen LogP contribution is 2.40. The summed E-state index contributed by atoms with van der Waals surface area (Å²) in [6, 6.07) is 10.8. The Hall–Kier alpha value is -3.63. The third kappa shape index (κ3) is 4.80. The van der Waals surface area contributed by atoms with Crippen LogP contribution in [-0.4, -0.2) is 65.7 Å². The van der Waals surface area contributed by atoms with E-state index < -0.39 is 5.82 Å². The lowest BCUT2D eigenvalue weighted by Crippen LogP contribution is -2.44. The van der Waals surface area contributed by atoms with Crippen LogP contribution in [0.5, 0.6) is 0 Å². The van der Waals surface area contributed by atoms with Gasteiger partial charge in [0.15, 0.2) is 10.9 Å². The van der Waals surface area contributed by atoms with Gasteiger partial charge in [0.25, 0.3) is 0 Å². The second kappa shape index (κ2) is 9.93. The van der Waals surface area contributed by atoms with Crippen molar-refractivity contribution in [1.82, 2.24) is 25.2 Å². The van der Waals surface area contributed by atoms with Crippen molar-refractivity contribution in [1.29, 1.82) is 0 Å². The lowest BCUT2D eigenvalue weighted by molar-refractivity contribution is 0.252. The van der Waals surface area contributed by atoms with Crippen LogP contribution in [0.1, 0.15) is 6.92 Å². The molecule has 35 heavy (non-hydrogen) atoms. The van der Waals surface area contributed by atoms with Crippen molar-refractivity contribution >= 4 is 38.5 Å². The van der Waals surface area contributed by atoms with Crippen molar-refractivity contribution in [2.45, 2.75) is 6.92 Å². The Labute approximate surface area is 206 Å². The van der Waals surface area contributed by atoms with Gasteiger partial charge >= 0.3 is 6.03 Å². The van der Waals surface area contributed by atoms with Gasteiger partial charge in [-0.05, 0) is 49.9 Å². The molecule has 2 N–H and O–H groups in total. The number of benzene rings is 1. The number of aromatic nitrogens is 3. The quantitative estimate of drug-likeness (QED) is 0.429. The molecule has 5 rings (SSSR count). The monoisotopic (exact) mass is 491 g/mol. The lowest BCUT2D eigenvalue weighted by atomic mass is 10.00. The van der Waals surface area contributed by atoms with Gasteiger partial charge in [0.05, 0.1) is 10.4 Å². The fourth-order valence-corrected chi connectivity index (χ4v) is 5.10. The predicted molar refractivity (Wildman–Crippen MR) is 138 cm³/mol. The van der Waals surface area contributed by atoms with E-state index in [9.17, 15) is 4.79 Å². The summed E-state index contributed by atoms with van der Waals surface area (Å²) in [6.45, 7) is 5.95. The number of thiazole rings is 1. The first kappa shape index (κ1) is 23.1. The number of anilines is 2. The van der Waals surface area contributed by atoms with Gasteiger partial charge in [-0.3, -0.25) is 10.3 Å². The molecule has 0 aliphatic carbocycles. The zero-order chi connectivity index (χ0) is 24.4. The molecule has 0 spiro atoms.